The van der Waals surface area contributed by atoms with Crippen LogP contribution in [-0.2, 0) is 14.1 Å². The Balaban J connectivity index is 2.29. The summed E-state index contributed by atoms with van der Waals surface area (Å²) in [4.78, 5) is 4.61. The van der Waals surface area contributed by atoms with E-state index in [0.717, 1.165) is 22.6 Å². The maximum Gasteiger partial charge on any atom is 0.176 e. The van der Waals surface area contributed by atoms with Gasteiger partial charge in [0.1, 0.15) is 11.3 Å². The Morgan fingerprint density at radius 1 is 1.06 bits per heavy atom. The zero-order chi connectivity index (χ0) is 11.1. The summed E-state index contributed by atoms with van der Waals surface area (Å²) in [6.07, 6.45) is 1.84. The van der Waals surface area contributed by atoms with Gasteiger partial charge in [0.25, 0.3) is 0 Å². The summed E-state index contributed by atoms with van der Waals surface area (Å²) in [5.41, 5.74) is 3.10. The summed E-state index contributed by atoms with van der Waals surface area (Å²) in [6, 6.07) is 10.2. The number of benzene rings is 1. The van der Waals surface area contributed by atoms with E-state index in [0.29, 0.717) is 0 Å². The summed E-state index contributed by atoms with van der Waals surface area (Å²) in [5.74, 6) is 0.976. The SMILES string of the molecule is Cn1ncc2c1nc(-c1ccccc1)n2C. The lowest BCUT2D eigenvalue weighted by atomic mass is 10.2. The van der Waals surface area contributed by atoms with E-state index in [1.54, 1.807) is 4.68 Å². The minimum absolute atomic E-state index is 0.918. The average Bonchev–Trinajstić information content (AvgIpc) is 2.83. The molecule has 0 radical (unpaired) electrons. The highest BCUT2D eigenvalue weighted by molar-refractivity contribution is 5.77. The molecule has 3 aromatic rings. The van der Waals surface area contributed by atoms with E-state index in [2.05, 4.69) is 26.8 Å². The van der Waals surface area contributed by atoms with Crippen LogP contribution in [0.3, 0.4) is 0 Å². The van der Waals surface area contributed by atoms with Gasteiger partial charge in [0.2, 0.25) is 0 Å². The summed E-state index contributed by atoms with van der Waals surface area (Å²) in [5, 5.41) is 4.18. The normalized spacial score (nSPS) is 11.1. The number of hydrogen-bond acceptors (Lipinski definition) is 2. The minimum Gasteiger partial charge on any atom is -0.324 e. The van der Waals surface area contributed by atoms with Crippen molar-refractivity contribution in [1.82, 2.24) is 19.3 Å². The van der Waals surface area contributed by atoms with Crippen molar-refractivity contribution in [2.24, 2.45) is 14.1 Å². The number of hydrogen-bond donors (Lipinski definition) is 0. The van der Waals surface area contributed by atoms with Crippen LogP contribution in [0.1, 0.15) is 0 Å². The lowest BCUT2D eigenvalue weighted by molar-refractivity contribution is 0.785. The van der Waals surface area contributed by atoms with E-state index < -0.39 is 0 Å². The molecule has 4 heteroatoms. The molecule has 0 amide bonds. The van der Waals surface area contributed by atoms with Crippen LogP contribution in [0, 0.1) is 0 Å². The first-order valence-electron chi connectivity index (χ1n) is 5.17. The maximum absolute atomic E-state index is 4.61. The van der Waals surface area contributed by atoms with Gasteiger partial charge in [-0.3, -0.25) is 0 Å². The molecule has 2 aromatic heterocycles. The van der Waals surface area contributed by atoms with Crippen LogP contribution in [0.5, 0.6) is 0 Å². The molecule has 16 heavy (non-hydrogen) atoms. The molecule has 0 aliphatic heterocycles. The zero-order valence-corrected chi connectivity index (χ0v) is 9.25. The minimum atomic E-state index is 0.918. The van der Waals surface area contributed by atoms with Crippen LogP contribution in [0.25, 0.3) is 22.6 Å². The van der Waals surface area contributed by atoms with Gasteiger partial charge in [-0.15, -0.1) is 0 Å². The Labute approximate surface area is 93.1 Å². The summed E-state index contributed by atoms with van der Waals surface area (Å²) in [6.45, 7) is 0. The van der Waals surface area contributed by atoms with Crippen LogP contribution in [0.4, 0.5) is 0 Å². The van der Waals surface area contributed by atoms with Crippen LogP contribution in [-0.4, -0.2) is 19.3 Å². The van der Waals surface area contributed by atoms with Gasteiger partial charge in [0.15, 0.2) is 5.65 Å². The van der Waals surface area contributed by atoms with Crippen molar-refractivity contribution in [1.29, 1.82) is 0 Å². The summed E-state index contributed by atoms with van der Waals surface area (Å²) >= 11 is 0. The molecule has 2 heterocycles. The lowest BCUT2D eigenvalue weighted by Crippen LogP contribution is -1.93. The molecule has 0 atom stereocenters. The van der Waals surface area contributed by atoms with Gasteiger partial charge in [-0.05, 0) is 0 Å². The molecule has 0 aliphatic rings. The van der Waals surface area contributed by atoms with Gasteiger partial charge in [0, 0.05) is 19.7 Å². The summed E-state index contributed by atoms with van der Waals surface area (Å²) in [7, 11) is 3.92. The number of aromatic nitrogens is 4. The molecule has 80 valence electrons. The maximum atomic E-state index is 4.61. The molecule has 0 fully saturated rings. The van der Waals surface area contributed by atoms with E-state index in [-0.39, 0.29) is 0 Å². The van der Waals surface area contributed by atoms with E-state index in [4.69, 9.17) is 0 Å². The zero-order valence-electron chi connectivity index (χ0n) is 9.25. The van der Waals surface area contributed by atoms with Crippen molar-refractivity contribution in [2.75, 3.05) is 0 Å². The lowest BCUT2D eigenvalue weighted by Gasteiger charge is -2.00. The monoisotopic (exact) mass is 212 g/mol. The standard InChI is InChI=1S/C12H12N4/c1-15-10-8-13-16(2)12(10)14-11(15)9-6-4-3-5-7-9/h3-8H,1-2H3. The first-order chi connectivity index (χ1) is 7.77. The quantitative estimate of drug-likeness (QED) is 0.618. The van der Waals surface area contributed by atoms with Crippen LogP contribution in [0.15, 0.2) is 36.5 Å². The number of nitrogens with zero attached hydrogens (tertiary/aromatic N) is 4. The predicted octanol–water partition coefficient (Wildman–Crippen LogP) is 1.97. The molecule has 3 rings (SSSR count). The summed E-state index contributed by atoms with van der Waals surface area (Å²) < 4.78 is 3.86. The fourth-order valence-electron chi connectivity index (χ4n) is 1.92. The van der Waals surface area contributed by atoms with Gasteiger partial charge in [-0.25, -0.2) is 9.67 Å². The van der Waals surface area contributed by atoms with Crippen LogP contribution < -0.4 is 0 Å². The second kappa shape index (κ2) is 3.20. The predicted molar refractivity (Wildman–Crippen MR) is 62.9 cm³/mol. The fraction of sp³-hybridized carbons (Fsp3) is 0.167. The topological polar surface area (TPSA) is 35.6 Å². The molecule has 0 bridgehead atoms. The van der Waals surface area contributed by atoms with Crippen molar-refractivity contribution in [3.05, 3.63) is 36.5 Å². The number of imidazole rings is 1. The van der Waals surface area contributed by atoms with Gasteiger partial charge in [-0.2, -0.15) is 5.10 Å². The molecule has 0 spiro atoms. The fourth-order valence-corrected chi connectivity index (χ4v) is 1.92. The van der Waals surface area contributed by atoms with E-state index in [9.17, 15) is 0 Å². The molecule has 0 aliphatic carbocycles. The Morgan fingerprint density at radius 3 is 2.50 bits per heavy atom. The Bertz CT molecular complexity index is 634. The number of aryl methyl sites for hydroxylation is 2. The van der Waals surface area contributed by atoms with Gasteiger partial charge in [-0.1, -0.05) is 30.3 Å². The second-order valence-electron chi connectivity index (χ2n) is 3.84. The third-order valence-corrected chi connectivity index (χ3v) is 2.81. The van der Waals surface area contributed by atoms with Crippen LogP contribution >= 0.6 is 0 Å². The van der Waals surface area contributed by atoms with Gasteiger partial charge in [0.05, 0.1) is 6.20 Å². The number of fused-ring (bicyclic) bond motifs is 1. The molecule has 0 saturated carbocycles. The molecule has 4 nitrogen and oxygen atoms in total. The van der Waals surface area contributed by atoms with E-state index in [1.165, 1.54) is 0 Å². The van der Waals surface area contributed by atoms with Crippen molar-refractivity contribution in [2.45, 2.75) is 0 Å². The van der Waals surface area contributed by atoms with Crippen LogP contribution in [0.2, 0.25) is 0 Å². The van der Waals surface area contributed by atoms with Crippen molar-refractivity contribution in [3.8, 4) is 11.4 Å². The average molecular weight is 212 g/mol. The smallest absolute Gasteiger partial charge is 0.176 e. The molecule has 0 unspecified atom stereocenters. The Hall–Kier alpha value is -2.10. The highest BCUT2D eigenvalue weighted by Gasteiger charge is 2.12. The third kappa shape index (κ3) is 1.16. The highest BCUT2D eigenvalue weighted by Crippen LogP contribution is 2.22. The van der Waals surface area contributed by atoms with Crippen molar-refractivity contribution < 1.29 is 0 Å². The van der Waals surface area contributed by atoms with Crippen molar-refractivity contribution >= 4 is 11.2 Å². The van der Waals surface area contributed by atoms with E-state index in [1.807, 2.05) is 38.5 Å². The molecule has 0 saturated heterocycles. The first-order valence-corrected chi connectivity index (χ1v) is 5.17. The molecule has 0 N–H and O–H groups in total. The second-order valence-corrected chi connectivity index (χ2v) is 3.84. The van der Waals surface area contributed by atoms with E-state index >= 15 is 0 Å². The van der Waals surface area contributed by atoms with Crippen molar-refractivity contribution in [3.63, 3.8) is 0 Å². The molecular formula is C12H12N4. The highest BCUT2D eigenvalue weighted by atomic mass is 15.3. The Kier molecular flexibility index (Phi) is 1.83. The largest absolute Gasteiger partial charge is 0.324 e. The van der Waals surface area contributed by atoms with Gasteiger partial charge >= 0.3 is 0 Å². The molecule has 1 aromatic carbocycles. The number of rotatable bonds is 1. The third-order valence-electron chi connectivity index (χ3n) is 2.81. The molecular weight excluding hydrogens is 200 g/mol. The Morgan fingerprint density at radius 2 is 1.81 bits per heavy atom. The van der Waals surface area contributed by atoms with Gasteiger partial charge < -0.3 is 4.57 Å². The first kappa shape index (κ1) is 9.15.